The number of aliphatic imine (C=N–C) groups is 2. The fraction of sp³-hybridized carbons (Fsp3) is 0.382. The molecule has 16 heteroatoms. The number of para-hydroxylation sites is 5. The monoisotopic (exact) mass is 1650 g/mol. The predicted molar refractivity (Wildman–Crippen MR) is 514 cm³/mol. The summed E-state index contributed by atoms with van der Waals surface area (Å²) in [4.78, 5) is 39.1. The van der Waals surface area contributed by atoms with Gasteiger partial charge in [0.05, 0.1) is 73.8 Å². The van der Waals surface area contributed by atoms with E-state index >= 15 is 0 Å². The van der Waals surface area contributed by atoms with Crippen LogP contribution in [-0.2, 0) is 50.7 Å². The van der Waals surface area contributed by atoms with Gasteiger partial charge < -0.3 is 13.3 Å². The van der Waals surface area contributed by atoms with E-state index in [1.54, 1.807) is 45.3 Å². The van der Waals surface area contributed by atoms with Crippen LogP contribution in [0.15, 0.2) is 228 Å². The fourth-order valence-electron chi connectivity index (χ4n) is 12.7. The molecule has 622 valence electrons. The molecule has 0 fully saturated rings. The Morgan fingerprint density at radius 3 is 1.58 bits per heavy atom. The maximum Gasteiger partial charge on any atom is 0.198 e. The van der Waals surface area contributed by atoms with Gasteiger partial charge in [0.2, 0.25) is 0 Å². The van der Waals surface area contributed by atoms with E-state index in [2.05, 4.69) is 358 Å². The fourth-order valence-corrected chi connectivity index (χ4v) is 16.1. The van der Waals surface area contributed by atoms with Gasteiger partial charge in [-0.05, 0) is 174 Å². The van der Waals surface area contributed by atoms with Crippen molar-refractivity contribution in [3.63, 3.8) is 0 Å². The van der Waals surface area contributed by atoms with Crippen molar-refractivity contribution in [3.05, 3.63) is 266 Å². The third-order valence-electron chi connectivity index (χ3n) is 19.7. The van der Waals surface area contributed by atoms with Gasteiger partial charge in [0.25, 0.3) is 0 Å². The summed E-state index contributed by atoms with van der Waals surface area (Å²) in [5.41, 5.74) is 32.8. The minimum Gasteiger partial charge on any atom is -0.443 e. The van der Waals surface area contributed by atoms with Crippen molar-refractivity contribution >= 4 is 143 Å². The number of thiazole rings is 4. The summed E-state index contributed by atoms with van der Waals surface area (Å²) in [5.74, 6) is 1.72. The molecule has 9 heterocycles. The van der Waals surface area contributed by atoms with Gasteiger partial charge in [-0.3, -0.25) is 9.98 Å². The van der Waals surface area contributed by atoms with Crippen molar-refractivity contribution < 1.29 is 13.3 Å². The zero-order valence-corrected chi connectivity index (χ0v) is 76.4. The molecule has 12 nitrogen and oxygen atoms in total. The van der Waals surface area contributed by atoms with Crippen molar-refractivity contribution in [3.8, 4) is 0 Å². The summed E-state index contributed by atoms with van der Waals surface area (Å²) in [6.45, 7) is 57.2. The summed E-state index contributed by atoms with van der Waals surface area (Å²) in [6.07, 6.45) is 6.97. The van der Waals surface area contributed by atoms with Gasteiger partial charge in [-0.25, -0.2) is 34.9 Å². The Labute approximate surface area is 719 Å². The van der Waals surface area contributed by atoms with Crippen LogP contribution < -0.4 is 0 Å². The van der Waals surface area contributed by atoms with E-state index in [4.69, 9.17) is 13.3 Å². The average molecular weight is 1660 g/mol. The molecule has 0 radical (unpaired) electrons. The summed E-state index contributed by atoms with van der Waals surface area (Å²) < 4.78 is 21.1. The number of oxazole rings is 3. The molecular formula is C102H127N9O3S4. The molecule has 7 aromatic heterocycles. The lowest BCUT2D eigenvalue weighted by atomic mass is 9.85. The third-order valence-corrected chi connectivity index (χ3v) is 23.6. The van der Waals surface area contributed by atoms with Crippen LogP contribution in [0, 0.1) is 0 Å². The second-order valence-electron chi connectivity index (χ2n) is 37.4. The Balaban J connectivity index is 0.000000165. The number of hydrogen-bond donors (Lipinski definition) is 0. The van der Waals surface area contributed by atoms with E-state index in [0.717, 1.165) is 74.3 Å². The minimum atomic E-state index is 0. The van der Waals surface area contributed by atoms with Crippen LogP contribution in [-0.4, -0.2) is 46.8 Å². The quantitative estimate of drug-likeness (QED) is 0.163. The van der Waals surface area contributed by atoms with Crippen molar-refractivity contribution in [1.82, 2.24) is 34.9 Å². The molecule has 0 saturated heterocycles. The summed E-state index contributed by atoms with van der Waals surface area (Å²) in [6, 6.07) is 60.9. The van der Waals surface area contributed by atoms with Crippen LogP contribution in [0.1, 0.15) is 268 Å². The van der Waals surface area contributed by atoms with Crippen LogP contribution in [0.2, 0.25) is 0 Å². The topological polar surface area (TPSA) is 154 Å². The molecule has 0 atom stereocenters. The van der Waals surface area contributed by atoms with Gasteiger partial charge in [0.1, 0.15) is 16.6 Å². The molecule has 0 bridgehead atoms. The maximum absolute atomic E-state index is 5.52. The lowest BCUT2D eigenvalue weighted by Crippen LogP contribution is -2.11. The Morgan fingerprint density at radius 1 is 0.381 bits per heavy atom. The standard InChI is InChI=1S/C13H17N.C12H15N.C11H13NO.4C11H13NS.2C10H11NO.2CH4/c1-9-8-10-6-5-7-11(12(10)14-9)13(2,3)4;1-12(2,3)10-5-4-9-6-7-13-11(9)8-10;1-11(2,3)8-4-5-9-10(6-8)13-7-12-9;1-11(2,3)8-4-5-10-9(6-8)12-7-13-10;1-11(2,3)8-5-4-6-9-10(8)12-7-13-9;1-11(2,3)8-5-4-6-9-10(8)13-7-12-9;1-11(2,3)10-12-8-6-4-5-7-9(8)13-10;1-7(2)8-3-4-10-9(5-8)11-6-12-10;1-7(2)10-11-8-5-3-4-6-9(8)12-10;;/h5-7H,8H2,1-4H3;4-5,7-8H,6H2,1-3H3;5*4-7H,1-3H3;2*3-7H,1-2H3;2*1H4. The lowest BCUT2D eigenvalue weighted by molar-refractivity contribution is 0.501. The molecule has 16 aromatic rings. The van der Waals surface area contributed by atoms with Gasteiger partial charge in [-0.1, -0.05) is 285 Å². The first-order valence-electron chi connectivity index (χ1n) is 40.2. The SMILES string of the molecule is C.C.CC(C)(C)c1ccc2c(c1)N=CC2.CC(C)(C)c1ccc2ncoc2c1.CC(C)(C)c1ccc2scnc2c1.CC(C)(C)c1cccc2ncsc12.CC(C)(C)c1cccc2scnc12.CC(C)(C)c1nc2ccccc2s1.CC(C)c1ccc2ocnc2c1.CC(C)c1nc2ccccc2o1.CC1=Nc2c(cccc2C(C)(C)C)C1. The van der Waals surface area contributed by atoms with Crippen molar-refractivity contribution in [2.75, 3.05) is 0 Å². The number of nitrogens with zero attached hydrogens (tertiary/aromatic N) is 9. The summed E-state index contributed by atoms with van der Waals surface area (Å²) in [7, 11) is 0. The predicted octanol–water partition coefficient (Wildman–Crippen LogP) is 31.6. The maximum atomic E-state index is 5.52. The van der Waals surface area contributed by atoms with Crippen LogP contribution in [0.25, 0.3) is 74.2 Å². The molecule has 18 rings (SSSR count). The van der Waals surface area contributed by atoms with Gasteiger partial charge in [0, 0.05) is 36.1 Å². The highest BCUT2D eigenvalue weighted by Gasteiger charge is 2.25. The molecule has 2 aliphatic heterocycles. The van der Waals surface area contributed by atoms with Crippen molar-refractivity contribution in [2.24, 2.45) is 9.98 Å². The third kappa shape index (κ3) is 25.2. The van der Waals surface area contributed by atoms with Crippen LogP contribution >= 0.6 is 45.3 Å². The zero-order valence-electron chi connectivity index (χ0n) is 73.2. The normalized spacial score (nSPS) is 12.5. The number of fused-ring (bicyclic) bond motifs is 9. The molecule has 0 spiro atoms. The van der Waals surface area contributed by atoms with E-state index in [1.807, 2.05) is 65.2 Å². The summed E-state index contributed by atoms with van der Waals surface area (Å²) >= 11 is 6.92. The molecule has 2 aliphatic rings. The first kappa shape index (κ1) is 93.8. The van der Waals surface area contributed by atoms with E-state index in [9.17, 15) is 0 Å². The second-order valence-corrected chi connectivity index (χ2v) is 41.1. The molecule has 0 saturated carbocycles. The van der Waals surface area contributed by atoms with E-state index in [0.29, 0.717) is 11.8 Å². The largest absolute Gasteiger partial charge is 0.443 e. The molecule has 9 aromatic carbocycles. The van der Waals surface area contributed by atoms with E-state index in [-0.39, 0.29) is 52.8 Å². The highest BCUT2D eigenvalue weighted by Crippen LogP contribution is 2.40. The molecule has 0 N–H and O–H groups in total. The van der Waals surface area contributed by atoms with Gasteiger partial charge >= 0.3 is 0 Å². The molecule has 0 amide bonds. The molecule has 118 heavy (non-hydrogen) atoms. The number of hydrogen-bond acceptors (Lipinski definition) is 16. The second kappa shape index (κ2) is 39.4. The molecule has 0 aliphatic carbocycles. The van der Waals surface area contributed by atoms with E-state index < -0.39 is 0 Å². The minimum absolute atomic E-state index is 0. The Morgan fingerprint density at radius 2 is 0.932 bits per heavy atom. The smallest absolute Gasteiger partial charge is 0.198 e. The van der Waals surface area contributed by atoms with Gasteiger partial charge in [-0.2, -0.15) is 0 Å². The first-order valence-corrected chi connectivity index (χ1v) is 43.6. The number of rotatable bonds is 2. The van der Waals surface area contributed by atoms with Gasteiger partial charge in [-0.15, -0.1) is 45.3 Å². The Bertz CT molecular complexity index is 5700. The van der Waals surface area contributed by atoms with Crippen LogP contribution in [0.4, 0.5) is 11.4 Å². The highest BCUT2D eigenvalue weighted by atomic mass is 32.1. The van der Waals surface area contributed by atoms with Crippen molar-refractivity contribution in [2.45, 2.75) is 257 Å². The lowest BCUT2D eigenvalue weighted by Gasteiger charge is -2.21. The van der Waals surface area contributed by atoms with Crippen molar-refractivity contribution in [1.29, 1.82) is 0 Å². The van der Waals surface area contributed by atoms with Gasteiger partial charge in [0.15, 0.2) is 35.4 Å². The Hall–Kier alpha value is -9.71. The zero-order chi connectivity index (χ0) is 84.3. The first-order chi connectivity index (χ1) is 54.5. The molecular weight excluding hydrogens is 1530 g/mol. The number of aromatic nitrogens is 7. The highest BCUT2D eigenvalue weighted by molar-refractivity contribution is 7.18. The Kier molecular flexibility index (Phi) is 31.4. The van der Waals surface area contributed by atoms with Crippen LogP contribution in [0.5, 0.6) is 0 Å². The number of benzene rings is 9. The average Bonchev–Trinajstić information content (AvgIpc) is 1.57. The molecule has 0 unspecified atom stereocenters. The van der Waals surface area contributed by atoms with Crippen LogP contribution in [0.3, 0.4) is 0 Å². The summed E-state index contributed by atoms with van der Waals surface area (Å²) in [5, 5.41) is 1.22. The van der Waals surface area contributed by atoms with E-state index in [1.165, 1.54) is 104 Å².